The van der Waals surface area contributed by atoms with E-state index in [2.05, 4.69) is 43.3 Å². The summed E-state index contributed by atoms with van der Waals surface area (Å²) in [6.07, 6.45) is 0.865. The first kappa shape index (κ1) is 12.5. The summed E-state index contributed by atoms with van der Waals surface area (Å²) in [5.74, 6) is 0. The van der Waals surface area contributed by atoms with E-state index in [9.17, 15) is 4.79 Å². The fourth-order valence-electron chi connectivity index (χ4n) is 1.92. The van der Waals surface area contributed by atoms with Crippen LogP contribution in [0.1, 0.15) is 15.9 Å². The van der Waals surface area contributed by atoms with Crippen LogP contribution in [0.3, 0.4) is 0 Å². The summed E-state index contributed by atoms with van der Waals surface area (Å²) in [5, 5.41) is 0. The topological polar surface area (TPSA) is 20.3 Å². The average Bonchev–Trinajstić information content (AvgIpc) is 2.39. The normalized spacial score (nSPS) is 10.6. The maximum atomic E-state index is 10.6. The molecule has 0 aliphatic carbocycles. The molecule has 0 aromatic heterocycles. The van der Waals surface area contributed by atoms with Crippen LogP contribution in [0.4, 0.5) is 0 Å². The second-order valence-corrected chi connectivity index (χ2v) is 4.67. The molecule has 2 aromatic carbocycles. The van der Waals surface area contributed by atoms with Crippen molar-refractivity contribution in [2.75, 3.05) is 14.1 Å². The maximum absolute atomic E-state index is 10.6. The number of carbonyl (C=O) groups is 1. The van der Waals surface area contributed by atoms with Crippen LogP contribution in [0, 0.1) is 0 Å². The first-order chi connectivity index (χ1) is 8.69. The minimum atomic E-state index is 0.711. The third kappa shape index (κ3) is 3.05. The molecule has 0 bridgehead atoms. The van der Waals surface area contributed by atoms with Gasteiger partial charge in [-0.15, -0.1) is 0 Å². The van der Waals surface area contributed by atoms with E-state index < -0.39 is 0 Å². The predicted octanol–water partition coefficient (Wildman–Crippen LogP) is 3.23. The Balaban J connectivity index is 2.20. The number of nitrogens with zero attached hydrogens (tertiary/aromatic N) is 1. The highest BCUT2D eigenvalue weighted by molar-refractivity contribution is 5.76. The lowest BCUT2D eigenvalue weighted by molar-refractivity contribution is 0.112. The minimum Gasteiger partial charge on any atom is -0.305 e. The summed E-state index contributed by atoms with van der Waals surface area (Å²) in [6, 6.07) is 16.2. The van der Waals surface area contributed by atoms with Crippen LogP contribution in [0.15, 0.2) is 48.5 Å². The molecule has 0 heterocycles. The van der Waals surface area contributed by atoms with Crippen LogP contribution in [0.2, 0.25) is 0 Å². The van der Waals surface area contributed by atoms with Gasteiger partial charge in [-0.3, -0.25) is 4.79 Å². The van der Waals surface area contributed by atoms with Crippen molar-refractivity contribution < 1.29 is 4.79 Å². The molecular formula is C16H17NO. The standard InChI is InChI=1S/C16H17NO/c1-17(2)11-13-3-7-15(8-4-13)16-9-5-14(12-18)6-10-16/h3-10,12H,11H2,1-2H3. The first-order valence-electron chi connectivity index (χ1n) is 5.98. The van der Waals surface area contributed by atoms with E-state index in [1.54, 1.807) is 0 Å². The number of rotatable bonds is 4. The van der Waals surface area contributed by atoms with E-state index in [4.69, 9.17) is 0 Å². The van der Waals surface area contributed by atoms with Gasteiger partial charge in [0.05, 0.1) is 0 Å². The van der Waals surface area contributed by atoms with E-state index in [0.29, 0.717) is 5.56 Å². The highest BCUT2D eigenvalue weighted by atomic mass is 16.1. The molecule has 18 heavy (non-hydrogen) atoms. The van der Waals surface area contributed by atoms with Gasteiger partial charge in [0.1, 0.15) is 6.29 Å². The molecule has 0 unspecified atom stereocenters. The Morgan fingerprint density at radius 1 is 0.889 bits per heavy atom. The van der Waals surface area contributed by atoms with Gasteiger partial charge in [-0.1, -0.05) is 48.5 Å². The van der Waals surface area contributed by atoms with Gasteiger partial charge in [0.2, 0.25) is 0 Å². The van der Waals surface area contributed by atoms with Gasteiger partial charge in [-0.25, -0.2) is 0 Å². The van der Waals surface area contributed by atoms with Crippen molar-refractivity contribution in [2.45, 2.75) is 6.54 Å². The summed E-state index contributed by atoms with van der Waals surface area (Å²) >= 11 is 0. The predicted molar refractivity (Wildman–Crippen MR) is 74.7 cm³/mol. The van der Waals surface area contributed by atoms with Gasteiger partial charge in [-0.05, 0) is 30.8 Å². The average molecular weight is 239 g/mol. The van der Waals surface area contributed by atoms with Crippen molar-refractivity contribution in [2.24, 2.45) is 0 Å². The maximum Gasteiger partial charge on any atom is 0.150 e. The van der Waals surface area contributed by atoms with Crippen molar-refractivity contribution in [1.82, 2.24) is 4.90 Å². The van der Waals surface area contributed by atoms with Crippen LogP contribution in [0.25, 0.3) is 11.1 Å². The molecule has 2 rings (SSSR count). The van der Waals surface area contributed by atoms with Gasteiger partial charge in [0, 0.05) is 12.1 Å². The van der Waals surface area contributed by atoms with Crippen molar-refractivity contribution in [1.29, 1.82) is 0 Å². The Morgan fingerprint density at radius 2 is 1.39 bits per heavy atom. The molecule has 2 aromatic rings. The van der Waals surface area contributed by atoms with Crippen molar-refractivity contribution in [3.63, 3.8) is 0 Å². The molecule has 0 N–H and O–H groups in total. The van der Waals surface area contributed by atoms with E-state index in [-0.39, 0.29) is 0 Å². The Kier molecular flexibility index (Phi) is 3.90. The SMILES string of the molecule is CN(C)Cc1ccc(-c2ccc(C=O)cc2)cc1. The Morgan fingerprint density at radius 3 is 1.83 bits per heavy atom. The molecule has 0 radical (unpaired) electrons. The van der Waals surface area contributed by atoms with Crippen LogP contribution in [-0.4, -0.2) is 25.3 Å². The van der Waals surface area contributed by atoms with E-state index in [0.717, 1.165) is 18.4 Å². The largest absolute Gasteiger partial charge is 0.305 e. The lowest BCUT2D eigenvalue weighted by Crippen LogP contribution is -2.10. The van der Waals surface area contributed by atoms with E-state index in [1.165, 1.54) is 11.1 Å². The Bertz CT molecular complexity index is 512. The Hall–Kier alpha value is -1.93. The van der Waals surface area contributed by atoms with Crippen LogP contribution < -0.4 is 0 Å². The van der Waals surface area contributed by atoms with Crippen LogP contribution in [0.5, 0.6) is 0 Å². The number of hydrogen-bond donors (Lipinski definition) is 0. The van der Waals surface area contributed by atoms with Crippen molar-refractivity contribution in [3.05, 3.63) is 59.7 Å². The Labute approximate surface area is 108 Å². The molecule has 2 heteroatoms. The molecule has 0 spiro atoms. The fourth-order valence-corrected chi connectivity index (χ4v) is 1.92. The number of benzene rings is 2. The monoisotopic (exact) mass is 239 g/mol. The van der Waals surface area contributed by atoms with Gasteiger partial charge in [0.25, 0.3) is 0 Å². The third-order valence-electron chi connectivity index (χ3n) is 2.83. The van der Waals surface area contributed by atoms with E-state index in [1.807, 2.05) is 24.3 Å². The quantitative estimate of drug-likeness (QED) is 0.763. The summed E-state index contributed by atoms with van der Waals surface area (Å²) in [5.41, 5.74) is 4.32. The second-order valence-electron chi connectivity index (χ2n) is 4.67. The number of carbonyl (C=O) groups excluding carboxylic acids is 1. The minimum absolute atomic E-state index is 0.711. The summed E-state index contributed by atoms with van der Waals surface area (Å²) in [7, 11) is 4.12. The zero-order valence-electron chi connectivity index (χ0n) is 10.8. The molecule has 0 aliphatic rings. The molecule has 0 aliphatic heterocycles. The fraction of sp³-hybridized carbons (Fsp3) is 0.188. The molecule has 0 fully saturated rings. The van der Waals surface area contributed by atoms with E-state index >= 15 is 0 Å². The smallest absolute Gasteiger partial charge is 0.150 e. The molecule has 92 valence electrons. The van der Waals surface area contributed by atoms with Gasteiger partial charge in [-0.2, -0.15) is 0 Å². The van der Waals surface area contributed by atoms with Crippen LogP contribution in [-0.2, 0) is 6.54 Å². The number of aldehydes is 1. The zero-order valence-corrected chi connectivity index (χ0v) is 10.8. The second kappa shape index (κ2) is 5.61. The molecule has 0 amide bonds. The third-order valence-corrected chi connectivity index (χ3v) is 2.83. The molecule has 2 nitrogen and oxygen atoms in total. The summed E-state index contributed by atoms with van der Waals surface area (Å²) < 4.78 is 0. The lowest BCUT2D eigenvalue weighted by Gasteiger charge is -2.10. The highest BCUT2D eigenvalue weighted by Crippen LogP contribution is 2.20. The van der Waals surface area contributed by atoms with Crippen molar-refractivity contribution >= 4 is 6.29 Å². The number of hydrogen-bond acceptors (Lipinski definition) is 2. The summed E-state index contributed by atoms with van der Waals surface area (Å²) in [4.78, 5) is 12.7. The van der Waals surface area contributed by atoms with Gasteiger partial charge < -0.3 is 4.90 Å². The van der Waals surface area contributed by atoms with Gasteiger partial charge in [0.15, 0.2) is 0 Å². The molecule has 0 saturated heterocycles. The molecule has 0 atom stereocenters. The van der Waals surface area contributed by atoms with Crippen LogP contribution >= 0.6 is 0 Å². The zero-order chi connectivity index (χ0) is 13.0. The van der Waals surface area contributed by atoms with Gasteiger partial charge >= 0.3 is 0 Å². The first-order valence-corrected chi connectivity index (χ1v) is 5.98. The summed E-state index contributed by atoms with van der Waals surface area (Å²) in [6.45, 7) is 0.949. The lowest BCUT2D eigenvalue weighted by atomic mass is 10.0. The van der Waals surface area contributed by atoms with Crippen molar-refractivity contribution in [3.8, 4) is 11.1 Å². The molecule has 0 saturated carbocycles. The molecular weight excluding hydrogens is 222 g/mol. The highest BCUT2D eigenvalue weighted by Gasteiger charge is 1.99.